The van der Waals surface area contributed by atoms with Gasteiger partial charge in [0.25, 0.3) is 0 Å². The molecule has 1 amide bonds. The van der Waals surface area contributed by atoms with Gasteiger partial charge in [-0.05, 0) is 46.8 Å². The highest BCUT2D eigenvalue weighted by Crippen LogP contribution is 2.39. The molecule has 2 rings (SSSR count). The summed E-state index contributed by atoms with van der Waals surface area (Å²) in [6.07, 6.45) is -1.66. The van der Waals surface area contributed by atoms with Crippen LogP contribution in [0.3, 0.4) is 0 Å². The summed E-state index contributed by atoms with van der Waals surface area (Å²) in [5, 5.41) is 10.6. The Hall–Kier alpha value is -2.63. The van der Waals surface area contributed by atoms with Gasteiger partial charge < -0.3 is 28.8 Å². The molecule has 30 heavy (non-hydrogen) atoms. The molecule has 1 unspecified atom stereocenters. The van der Waals surface area contributed by atoms with Crippen molar-refractivity contribution >= 4 is 6.09 Å². The monoisotopic (exact) mass is 421 g/mol. The van der Waals surface area contributed by atoms with Gasteiger partial charge in [0.2, 0.25) is 5.75 Å². The van der Waals surface area contributed by atoms with E-state index in [0.29, 0.717) is 22.8 Å². The van der Waals surface area contributed by atoms with Crippen molar-refractivity contribution in [2.24, 2.45) is 0 Å². The number of rotatable bonds is 4. The summed E-state index contributed by atoms with van der Waals surface area (Å²) >= 11 is 0. The van der Waals surface area contributed by atoms with Gasteiger partial charge in [-0.15, -0.1) is 0 Å². The van der Waals surface area contributed by atoms with Crippen molar-refractivity contribution in [3.8, 4) is 29.1 Å². The number of nitrogens with zero attached hydrogens (tertiary/aromatic N) is 1. The third-order valence-corrected chi connectivity index (χ3v) is 4.47. The Kier molecular flexibility index (Phi) is 7.11. The number of carbonyl (C=O) groups excluding carboxylic acids is 1. The second-order valence-corrected chi connectivity index (χ2v) is 8.27. The van der Waals surface area contributed by atoms with Crippen LogP contribution in [0.2, 0.25) is 0 Å². The van der Waals surface area contributed by atoms with Crippen molar-refractivity contribution in [3.05, 3.63) is 17.7 Å². The lowest BCUT2D eigenvalue weighted by atomic mass is 10.1. The lowest BCUT2D eigenvalue weighted by molar-refractivity contribution is -0.0608. The number of aliphatic hydroxyl groups is 1. The lowest BCUT2D eigenvalue weighted by Crippen LogP contribution is -2.49. The smallest absolute Gasteiger partial charge is 0.413 e. The van der Waals surface area contributed by atoms with Gasteiger partial charge in [0, 0.05) is 5.56 Å². The fourth-order valence-corrected chi connectivity index (χ4v) is 3.08. The first kappa shape index (κ1) is 23.6. The molecule has 8 heteroatoms. The van der Waals surface area contributed by atoms with Crippen LogP contribution in [0.25, 0.3) is 0 Å². The van der Waals surface area contributed by atoms with Crippen molar-refractivity contribution in [3.63, 3.8) is 0 Å². The van der Waals surface area contributed by atoms with Gasteiger partial charge >= 0.3 is 6.09 Å². The summed E-state index contributed by atoms with van der Waals surface area (Å²) in [6, 6.07) is 2.69. The topological polar surface area (TPSA) is 86.7 Å². The molecule has 1 saturated heterocycles. The van der Waals surface area contributed by atoms with Crippen LogP contribution in [0.4, 0.5) is 4.79 Å². The molecule has 8 nitrogen and oxygen atoms in total. The number of benzene rings is 1. The summed E-state index contributed by atoms with van der Waals surface area (Å²) in [7, 11) is 4.50. The van der Waals surface area contributed by atoms with E-state index in [9.17, 15) is 9.90 Å². The van der Waals surface area contributed by atoms with Crippen LogP contribution < -0.4 is 14.2 Å². The normalized spacial score (nSPS) is 18.8. The van der Waals surface area contributed by atoms with Crippen LogP contribution in [0, 0.1) is 11.8 Å². The van der Waals surface area contributed by atoms with Gasteiger partial charge in [0.05, 0.1) is 27.9 Å². The predicted octanol–water partition coefficient (Wildman–Crippen LogP) is 3.12. The molecule has 0 aliphatic carbocycles. The van der Waals surface area contributed by atoms with Crippen molar-refractivity contribution in [2.45, 2.75) is 58.1 Å². The molecule has 1 aromatic carbocycles. The quantitative estimate of drug-likeness (QED) is 0.748. The number of aliphatic hydroxyl groups excluding tert-OH is 1. The summed E-state index contributed by atoms with van der Waals surface area (Å²) in [5.41, 5.74) is -1.05. The molecule has 0 aromatic heterocycles. The minimum atomic E-state index is -1.14. The number of ether oxygens (including phenoxy) is 5. The van der Waals surface area contributed by atoms with Crippen LogP contribution in [0.5, 0.6) is 17.2 Å². The van der Waals surface area contributed by atoms with E-state index in [2.05, 4.69) is 11.8 Å². The van der Waals surface area contributed by atoms with Crippen molar-refractivity contribution < 1.29 is 33.6 Å². The largest absolute Gasteiger partial charge is 0.493 e. The minimum absolute atomic E-state index is 0.210. The molecular weight excluding hydrogens is 390 g/mol. The Morgan fingerprint density at radius 1 is 1.20 bits per heavy atom. The van der Waals surface area contributed by atoms with E-state index >= 15 is 0 Å². The summed E-state index contributed by atoms with van der Waals surface area (Å²) in [5.74, 6) is 6.98. The molecule has 0 saturated carbocycles. The number of hydrogen-bond acceptors (Lipinski definition) is 7. The van der Waals surface area contributed by atoms with Crippen LogP contribution in [-0.2, 0) is 9.47 Å². The van der Waals surface area contributed by atoms with Crippen LogP contribution in [0.1, 0.15) is 46.3 Å². The molecule has 1 fully saturated rings. The Morgan fingerprint density at radius 2 is 1.77 bits per heavy atom. The molecular formula is C22H31NO7. The standard InChI is InChI=1S/C22H31NO7/c1-21(2,3)30-20(25)23-15(13-29-22(23,4)5)9-10-16(24)14-11-17(26-6)19(28-8)18(12-14)27-7/h11-12,15-16,24H,13H2,1-8H3/t15-,16?/m1/s1. The lowest BCUT2D eigenvalue weighted by Gasteiger charge is -2.33. The van der Waals surface area contributed by atoms with E-state index in [-0.39, 0.29) is 6.61 Å². The minimum Gasteiger partial charge on any atom is -0.493 e. The third-order valence-electron chi connectivity index (χ3n) is 4.47. The Bertz CT molecular complexity index is 807. The average Bonchev–Trinajstić information content (AvgIpc) is 2.97. The molecule has 0 spiro atoms. The zero-order chi connectivity index (χ0) is 22.7. The summed E-state index contributed by atoms with van der Waals surface area (Å²) in [6.45, 7) is 9.14. The predicted molar refractivity (Wildman–Crippen MR) is 111 cm³/mol. The first-order valence-corrected chi connectivity index (χ1v) is 9.58. The van der Waals surface area contributed by atoms with Gasteiger partial charge in [-0.1, -0.05) is 11.8 Å². The first-order valence-electron chi connectivity index (χ1n) is 9.58. The highest BCUT2D eigenvalue weighted by atomic mass is 16.6. The van der Waals surface area contributed by atoms with Gasteiger partial charge in [-0.3, -0.25) is 4.90 Å². The maximum atomic E-state index is 12.7. The molecule has 0 bridgehead atoms. The maximum absolute atomic E-state index is 12.7. The fraction of sp³-hybridized carbons (Fsp3) is 0.591. The number of hydrogen-bond donors (Lipinski definition) is 1. The summed E-state index contributed by atoms with van der Waals surface area (Å²) in [4.78, 5) is 14.1. The number of carbonyl (C=O) groups is 1. The van der Waals surface area contributed by atoms with E-state index in [1.54, 1.807) is 46.8 Å². The molecule has 1 heterocycles. The van der Waals surface area contributed by atoms with E-state index in [1.165, 1.54) is 26.2 Å². The Labute approximate surface area is 178 Å². The number of methoxy groups -OCH3 is 3. The highest BCUT2D eigenvalue weighted by molar-refractivity contribution is 5.70. The van der Waals surface area contributed by atoms with Crippen molar-refractivity contribution in [1.82, 2.24) is 4.90 Å². The van der Waals surface area contributed by atoms with Crippen LogP contribution in [-0.4, -0.2) is 61.4 Å². The highest BCUT2D eigenvalue weighted by Gasteiger charge is 2.45. The summed E-state index contributed by atoms with van der Waals surface area (Å²) < 4.78 is 27.1. The maximum Gasteiger partial charge on any atom is 0.413 e. The number of amides is 1. The molecule has 0 radical (unpaired) electrons. The zero-order valence-corrected chi connectivity index (χ0v) is 18.9. The SMILES string of the molecule is COc1cc(C(O)C#C[C@@H]2COC(C)(C)N2C(=O)OC(C)(C)C)cc(OC)c1OC. The zero-order valence-electron chi connectivity index (χ0n) is 18.9. The third kappa shape index (κ3) is 5.29. The second kappa shape index (κ2) is 9.02. The molecule has 1 N–H and O–H groups in total. The molecule has 166 valence electrons. The van der Waals surface area contributed by atoms with E-state index < -0.39 is 29.6 Å². The Morgan fingerprint density at radius 3 is 2.23 bits per heavy atom. The molecule has 1 aliphatic heterocycles. The van der Waals surface area contributed by atoms with E-state index in [0.717, 1.165) is 0 Å². The van der Waals surface area contributed by atoms with Gasteiger partial charge in [-0.2, -0.15) is 0 Å². The van der Waals surface area contributed by atoms with Gasteiger partial charge in [0.1, 0.15) is 23.5 Å². The average molecular weight is 421 g/mol. The van der Waals surface area contributed by atoms with Crippen molar-refractivity contribution in [1.29, 1.82) is 0 Å². The molecule has 1 aliphatic rings. The van der Waals surface area contributed by atoms with Gasteiger partial charge in [-0.25, -0.2) is 4.79 Å². The van der Waals surface area contributed by atoms with Crippen molar-refractivity contribution in [2.75, 3.05) is 27.9 Å². The fourth-order valence-electron chi connectivity index (χ4n) is 3.08. The second-order valence-electron chi connectivity index (χ2n) is 8.27. The molecule has 1 aromatic rings. The Balaban J connectivity index is 2.30. The first-order chi connectivity index (χ1) is 13.9. The van der Waals surface area contributed by atoms with Gasteiger partial charge in [0.15, 0.2) is 11.5 Å². The molecule has 2 atom stereocenters. The van der Waals surface area contributed by atoms with Crippen LogP contribution in [0.15, 0.2) is 12.1 Å². The van der Waals surface area contributed by atoms with E-state index in [1.807, 2.05) is 0 Å². The van der Waals surface area contributed by atoms with E-state index in [4.69, 9.17) is 23.7 Å². The van der Waals surface area contributed by atoms with Crippen LogP contribution >= 0.6 is 0 Å².